The molecule has 1 amide bonds. The maximum Gasteiger partial charge on any atom is 0.251 e. The van der Waals surface area contributed by atoms with Crippen LogP contribution in [0.1, 0.15) is 49.5 Å². The fraction of sp³-hybridized carbons (Fsp3) is 0.562. The largest absolute Gasteiger partial charge is 0.467 e. The van der Waals surface area contributed by atoms with Crippen molar-refractivity contribution in [1.29, 1.82) is 0 Å². The first-order valence-electron chi connectivity index (χ1n) is 7.20. The van der Waals surface area contributed by atoms with Crippen molar-refractivity contribution in [2.24, 2.45) is 5.92 Å². The van der Waals surface area contributed by atoms with Gasteiger partial charge in [-0.1, -0.05) is 13.8 Å². The van der Waals surface area contributed by atoms with Crippen LogP contribution in [-0.4, -0.2) is 18.7 Å². The molecule has 0 saturated carbocycles. The molecule has 0 spiro atoms. The summed E-state index contributed by atoms with van der Waals surface area (Å²) in [6, 6.07) is 5.67. The van der Waals surface area contributed by atoms with Crippen LogP contribution in [0.15, 0.2) is 18.2 Å². The summed E-state index contributed by atoms with van der Waals surface area (Å²) < 4.78 is 10.6. The van der Waals surface area contributed by atoms with E-state index >= 15 is 0 Å². The molecule has 0 aliphatic carbocycles. The number of carbonyl (C=O) groups excluding carboxylic acids is 1. The van der Waals surface area contributed by atoms with E-state index < -0.39 is 0 Å². The Kier molecular flexibility index (Phi) is 5.01. The highest BCUT2D eigenvalue weighted by atomic mass is 16.7. The molecule has 110 valence electrons. The van der Waals surface area contributed by atoms with E-state index in [1.165, 1.54) is 0 Å². The van der Waals surface area contributed by atoms with Gasteiger partial charge in [0.05, 0.1) is 6.61 Å². The van der Waals surface area contributed by atoms with E-state index in [4.69, 9.17) is 9.47 Å². The van der Waals surface area contributed by atoms with Crippen molar-refractivity contribution in [1.82, 2.24) is 5.32 Å². The van der Waals surface area contributed by atoms with Gasteiger partial charge in [0.2, 0.25) is 0 Å². The van der Waals surface area contributed by atoms with Crippen molar-refractivity contribution >= 4 is 5.91 Å². The van der Waals surface area contributed by atoms with Crippen molar-refractivity contribution in [2.75, 3.05) is 6.79 Å². The minimum atomic E-state index is -0.0328. The quantitative estimate of drug-likeness (QED) is 0.899. The molecule has 0 unspecified atom stereocenters. The van der Waals surface area contributed by atoms with E-state index in [0.717, 1.165) is 24.2 Å². The zero-order chi connectivity index (χ0) is 14.5. The molecule has 0 aromatic heterocycles. The zero-order valence-electron chi connectivity index (χ0n) is 12.4. The number of nitrogens with one attached hydrogen (secondary N) is 1. The van der Waals surface area contributed by atoms with Gasteiger partial charge in [0.25, 0.3) is 5.91 Å². The number of rotatable bonds is 5. The van der Waals surface area contributed by atoms with E-state index in [1.54, 1.807) is 6.07 Å². The molecule has 4 heteroatoms. The summed E-state index contributed by atoms with van der Waals surface area (Å²) in [6.45, 7) is 7.21. The lowest BCUT2D eigenvalue weighted by Gasteiger charge is -2.19. The van der Waals surface area contributed by atoms with Gasteiger partial charge in [-0.2, -0.15) is 0 Å². The van der Waals surface area contributed by atoms with Gasteiger partial charge < -0.3 is 14.8 Å². The van der Waals surface area contributed by atoms with Crippen LogP contribution >= 0.6 is 0 Å². The Morgan fingerprint density at radius 3 is 2.85 bits per heavy atom. The molecule has 4 nitrogen and oxygen atoms in total. The lowest BCUT2D eigenvalue weighted by Crippen LogP contribution is -2.32. The summed E-state index contributed by atoms with van der Waals surface area (Å²) in [7, 11) is 0. The molecule has 0 bridgehead atoms. The Balaban J connectivity index is 1.95. The van der Waals surface area contributed by atoms with Crippen LogP contribution in [0.2, 0.25) is 0 Å². The number of carbonyl (C=O) groups is 1. The predicted octanol–water partition coefficient (Wildman–Crippen LogP) is 3.11. The minimum absolute atomic E-state index is 0.0328. The third-order valence-electron chi connectivity index (χ3n) is 3.43. The standard InChI is InChI=1S/C16H23NO3/c1-11(2)4-5-12(3)17-16(18)13-6-7-15-14(8-13)9-19-10-20-15/h6-8,11-12H,4-5,9-10H2,1-3H3,(H,17,18)/t12-/m0/s1. The van der Waals surface area contributed by atoms with E-state index in [2.05, 4.69) is 19.2 Å². The van der Waals surface area contributed by atoms with Gasteiger partial charge in [-0.25, -0.2) is 0 Å². The van der Waals surface area contributed by atoms with Crippen molar-refractivity contribution in [2.45, 2.75) is 46.3 Å². The molecule has 20 heavy (non-hydrogen) atoms. The SMILES string of the molecule is CC(C)CC[C@H](C)NC(=O)c1ccc2c(c1)COCO2. The summed E-state index contributed by atoms with van der Waals surface area (Å²) in [5.41, 5.74) is 1.59. The van der Waals surface area contributed by atoms with Crippen LogP contribution in [0.3, 0.4) is 0 Å². The second-order valence-corrected chi connectivity index (χ2v) is 5.78. The third kappa shape index (κ3) is 3.97. The Morgan fingerprint density at radius 1 is 1.30 bits per heavy atom. The van der Waals surface area contributed by atoms with Gasteiger partial charge in [0.15, 0.2) is 6.79 Å². The van der Waals surface area contributed by atoms with Gasteiger partial charge in [-0.05, 0) is 43.9 Å². The Hall–Kier alpha value is -1.55. The van der Waals surface area contributed by atoms with Crippen LogP contribution in [0.4, 0.5) is 0 Å². The highest BCUT2D eigenvalue weighted by Crippen LogP contribution is 2.24. The number of hydrogen-bond donors (Lipinski definition) is 1. The van der Waals surface area contributed by atoms with Crippen LogP contribution < -0.4 is 10.1 Å². The summed E-state index contributed by atoms with van der Waals surface area (Å²) in [5.74, 6) is 1.43. The molecule has 0 radical (unpaired) electrons. The van der Waals surface area contributed by atoms with Crippen molar-refractivity contribution in [3.8, 4) is 5.75 Å². The average Bonchev–Trinajstić information content (AvgIpc) is 2.44. The van der Waals surface area contributed by atoms with E-state index in [9.17, 15) is 4.79 Å². The Morgan fingerprint density at radius 2 is 2.10 bits per heavy atom. The highest BCUT2D eigenvalue weighted by molar-refractivity contribution is 5.94. The molecule has 1 heterocycles. The molecule has 1 aromatic carbocycles. The van der Waals surface area contributed by atoms with Crippen LogP contribution in [0.25, 0.3) is 0 Å². The molecule has 2 rings (SSSR count). The lowest BCUT2D eigenvalue weighted by atomic mass is 10.0. The Bertz CT molecular complexity index is 471. The normalized spacial score (nSPS) is 15.4. The molecular weight excluding hydrogens is 254 g/mol. The third-order valence-corrected chi connectivity index (χ3v) is 3.43. The second kappa shape index (κ2) is 6.75. The summed E-state index contributed by atoms with van der Waals surface area (Å²) >= 11 is 0. The smallest absolute Gasteiger partial charge is 0.251 e. The molecule has 0 saturated heterocycles. The van der Waals surface area contributed by atoms with Crippen LogP contribution in [0.5, 0.6) is 5.75 Å². The second-order valence-electron chi connectivity index (χ2n) is 5.78. The van der Waals surface area contributed by atoms with Crippen LogP contribution in [-0.2, 0) is 11.3 Å². The first kappa shape index (κ1) is 14.9. The lowest BCUT2D eigenvalue weighted by molar-refractivity contribution is -0.0163. The van der Waals surface area contributed by atoms with Crippen molar-refractivity contribution < 1.29 is 14.3 Å². The van der Waals surface area contributed by atoms with E-state index in [-0.39, 0.29) is 18.7 Å². The average molecular weight is 277 g/mol. The fourth-order valence-electron chi connectivity index (χ4n) is 2.19. The number of amides is 1. The maximum atomic E-state index is 12.2. The summed E-state index contributed by atoms with van der Waals surface area (Å²) in [6.07, 6.45) is 2.12. The van der Waals surface area contributed by atoms with E-state index in [0.29, 0.717) is 18.1 Å². The Labute approximate surface area is 120 Å². The van der Waals surface area contributed by atoms with Gasteiger partial charge in [0.1, 0.15) is 5.75 Å². The van der Waals surface area contributed by atoms with Gasteiger partial charge in [0, 0.05) is 17.2 Å². The molecule has 1 aromatic rings. The topological polar surface area (TPSA) is 47.6 Å². The van der Waals surface area contributed by atoms with Crippen LogP contribution in [0, 0.1) is 5.92 Å². The van der Waals surface area contributed by atoms with Gasteiger partial charge >= 0.3 is 0 Å². The van der Waals surface area contributed by atoms with Crippen molar-refractivity contribution in [3.05, 3.63) is 29.3 Å². The van der Waals surface area contributed by atoms with Gasteiger partial charge in [-0.3, -0.25) is 4.79 Å². The first-order chi connectivity index (χ1) is 9.56. The predicted molar refractivity (Wildman–Crippen MR) is 77.7 cm³/mol. The van der Waals surface area contributed by atoms with Gasteiger partial charge in [-0.15, -0.1) is 0 Å². The molecule has 1 N–H and O–H groups in total. The minimum Gasteiger partial charge on any atom is -0.467 e. The summed E-state index contributed by atoms with van der Waals surface area (Å²) in [4.78, 5) is 12.2. The first-order valence-corrected chi connectivity index (χ1v) is 7.20. The highest BCUT2D eigenvalue weighted by Gasteiger charge is 2.15. The molecule has 1 atom stereocenters. The molecule has 1 aliphatic rings. The fourth-order valence-corrected chi connectivity index (χ4v) is 2.19. The van der Waals surface area contributed by atoms with Crippen molar-refractivity contribution in [3.63, 3.8) is 0 Å². The molecular formula is C16H23NO3. The zero-order valence-corrected chi connectivity index (χ0v) is 12.4. The molecule has 0 fully saturated rings. The number of fused-ring (bicyclic) bond motifs is 1. The monoisotopic (exact) mass is 277 g/mol. The summed E-state index contributed by atoms with van der Waals surface area (Å²) in [5, 5.41) is 3.04. The number of benzene rings is 1. The number of ether oxygens (including phenoxy) is 2. The maximum absolute atomic E-state index is 12.2. The van der Waals surface area contributed by atoms with E-state index in [1.807, 2.05) is 19.1 Å². The number of hydrogen-bond acceptors (Lipinski definition) is 3. The molecule has 1 aliphatic heterocycles.